The van der Waals surface area contributed by atoms with Gasteiger partial charge in [0.25, 0.3) is 11.7 Å². The van der Waals surface area contributed by atoms with E-state index in [4.69, 9.17) is 28.4 Å². The minimum absolute atomic E-state index is 0.0299. The number of piperidine rings is 1. The number of Topliss-reactive ketones (excluding diaryl/α,β-unsaturated/α-hetero) is 3. The van der Waals surface area contributed by atoms with Crippen LogP contribution in [0.4, 0.5) is 0 Å². The number of esters is 1. The molecule has 0 radical (unpaired) electrons. The Morgan fingerprint density at radius 2 is 1.56 bits per heavy atom. The van der Waals surface area contributed by atoms with Gasteiger partial charge in [0.15, 0.2) is 15.6 Å². The number of cyclic esters (lactones) is 1. The molecule has 0 aromatic rings. The monoisotopic (exact) mass is 1050 g/mol. The van der Waals surface area contributed by atoms with E-state index in [2.05, 4.69) is 0 Å². The van der Waals surface area contributed by atoms with Crippen molar-refractivity contribution in [3.05, 3.63) is 47.6 Å². The first-order valence-electron chi connectivity index (χ1n) is 26.4. The molecule has 3 fully saturated rings. The Bertz CT molecular complexity index is 2090. The number of amides is 1. The molecule has 2 bridgehead atoms. The van der Waals surface area contributed by atoms with Crippen LogP contribution < -0.4 is 0 Å². The summed E-state index contributed by atoms with van der Waals surface area (Å²) in [7, 11) is 0.821. The number of methoxy groups -OCH3 is 3. The Hall–Kier alpha value is -3.46. The molecule has 0 aromatic heterocycles. The summed E-state index contributed by atoms with van der Waals surface area (Å²) < 4.78 is 60.3. The van der Waals surface area contributed by atoms with Crippen LogP contribution in [-0.2, 0) is 62.2 Å². The molecule has 0 spiro atoms. The zero-order chi connectivity index (χ0) is 54.2. The Labute approximate surface area is 434 Å². The molecule has 18 heteroatoms. The van der Waals surface area contributed by atoms with Crippen LogP contribution in [0.3, 0.4) is 0 Å². The number of allylic oxidation sites excluding steroid dienone is 6. The molecular formula is C55H87NO16S. The highest BCUT2D eigenvalue weighted by molar-refractivity contribution is 7.91. The number of fused-ring (bicyclic) bond motifs is 3. The number of carbonyl (C=O) groups is 5. The van der Waals surface area contributed by atoms with Gasteiger partial charge in [0.2, 0.25) is 5.79 Å². The zero-order valence-electron chi connectivity index (χ0n) is 45.1. The van der Waals surface area contributed by atoms with Crippen LogP contribution in [0.25, 0.3) is 0 Å². The van der Waals surface area contributed by atoms with Gasteiger partial charge in [-0.15, -0.1) is 0 Å². The van der Waals surface area contributed by atoms with Gasteiger partial charge in [-0.25, -0.2) is 13.2 Å². The normalized spacial score (nSPS) is 36.4. The third-order valence-corrected chi connectivity index (χ3v) is 17.1. The lowest BCUT2D eigenvalue weighted by molar-refractivity contribution is -0.266. The fraction of sp³-hybridized carbons (Fsp3) is 0.764. The molecular weight excluding hydrogens is 963 g/mol. The third-order valence-electron chi connectivity index (χ3n) is 15.5. The van der Waals surface area contributed by atoms with E-state index in [1.807, 2.05) is 45.1 Å². The molecule has 3 aliphatic heterocycles. The SMILES string of the molecule is COCCS(=O)(=O)CCOC1C[C@@H]2CC[C@@H](C)[C@@](O)(O2)C(=O)C(=O)N2CCCC[C@H]2C(=O)O[C@H]([C@H](C)C[C@@H]2CC[C@@H](O)[C@H](OC)C2)CC(=O)[C@H](C)/C=C(\C)[C@@H](O)[C@@H](OC)C(=O)[C@H](C)C[C@H](C)/C=C/C=CC=C1C. The Morgan fingerprint density at radius 3 is 2.25 bits per heavy atom. The lowest BCUT2D eigenvalue weighted by Crippen LogP contribution is -2.61. The third kappa shape index (κ3) is 17.8. The number of ether oxygens (including phenoxy) is 6. The summed E-state index contributed by atoms with van der Waals surface area (Å²) in [6.45, 7) is 12.3. The van der Waals surface area contributed by atoms with Crippen LogP contribution in [0.1, 0.15) is 126 Å². The first-order valence-corrected chi connectivity index (χ1v) is 28.2. The molecule has 73 heavy (non-hydrogen) atoms. The highest BCUT2D eigenvalue weighted by Gasteiger charge is 2.53. The summed E-state index contributed by atoms with van der Waals surface area (Å²) in [6.07, 6.45) is 9.33. The highest BCUT2D eigenvalue weighted by Crippen LogP contribution is 2.38. The van der Waals surface area contributed by atoms with Gasteiger partial charge >= 0.3 is 5.97 Å². The van der Waals surface area contributed by atoms with Gasteiger partial charge in [-0.05, 0) is 107 Å². The van der Waals surface area contributed by atoms with Crippen LogP contribution in [0.2, 0.25) is 0 Å². The summed E-state index contributed by atoms with van der Waals surface area (Å²) in [5, 5.41) is 34.1. The van der Waals surface area contributed by atoms with E-state index < -0.39 is 93.7 Å². The number of carbonyl (C=O) groups excluding carboxylic acids is 5. The summed E-state index contributed by atoms with van der Waals surface area (Å²) >= 11 is 0. The van der Waals surface area contributed by atoms with Gasteiger partial charge in [0, 0.05) is 58.5 Å². The number of sulfone groups is 1. The second-order valence-electron chi connectivity index (χ2n) is 21.4. The summed E-state index contributed by atoms with van der Waals surface area (Å²) in [6, 6.07) is -1.20. The molecule has 0 aromatic carbocycles. The fourth-order valence-electron chi connectivity index (χ4n) is 10.7. The maximum absolute atomic E-state index is 14.5. The summed E-state index contributed by atoms with van der Waals surface area (Å²) in [5.74, 6) is -9.14. The predicted octanol–water partition coefficient (Wildman–Crippen LogP) is 5.61. The lowest BCUT2D eigenvalue weighted by atomic mass is 9.78. The Morgan fingerprint density at radius 1 is 0.849 bits per heavy atom. The molecule has 1 amide bonds. The van der Waals surface area contributed by atoms with E-state index in [1.165, 1.54) is 14.2 Å². The maximum atomic E-state index is 14.5. The number of nitrogens with zero attached hydrogens (tertiary/aromatic N) is 1. The van der Waals surface area contributed by atoms with E-state index in [1.54, 1.807) is 47.0 Å². The molecule has 17 nitrogen and oxygen atoms in total. The second-order valence-corrected chi connectivity index (χ2v) is 23.7. The van der Waals surface area contributed by atoms with E-state index in [0.29, 0.717) is 68.9 Å². The van der Waals surface area contributed by atoms with E-state index in [9.17, 15) is 47.7 Å². The predicted molar refractivity (Wildman–Crippen MR) is 275 cm³/mol. The van der Waals surface area contributed by atoms with Crippen molar-refractivity contribution in [3.8, 4) is 0 Å². The van der Waals surface area contributed by atoms with Crippen LogP contribution in [0, 0.1) is 35.5 Å². The van der Waals surface area contributed by atoms with Gasteiger partial charge in [-0.2, -0.15) is 0 Å². The van der Waals surface area contributed by atoms with Crippen LogP contribution >= 0.6 is 0 Å². The number of ketones is 3. The highest BCUT2D eigenvalue weighted by atomic mass is 32.2. The van der Waals surface area contributed by atoms with Crippen molar-refractivity contribution in [1.29, 1.82) is 0 Å². The van der Waals surface area contributed by atoms with Crippen molar-refractivity contribution >= 4 is 39.1 Å². The van der Waals surface area contributed by atoms with Crippen molar-refractivity contribution in [1.82, 2.24) is 4.90 Å². The number of aliphatic hydroxyl groups is 3. The first kappa shape index (κ1) is 62.1. The lowest BCUT2D eigenvalue weighted by Gasteiger charge is -2.43. The minimum Gasteiger partial charge on any atom is -0.460 e. The summed E-state index contributed by atoms with van der Waals surface area (Å²) in [4.78, 5) is 72.4. The molecule has 4 rings (SSSR count). The number of rotatable bonds is 12. The number of hydrogen-bond acceptors (Lipinski definition) is 16. The van der Waals surface area contributed by atoms with E-state index in [0.717, 1.165) is 4.90 Å². The van der Waals surface area contributed by atoms with Crippen molar-refractivity contribution < 1.29 is 76.1 Å². The van der Waals surface area contributed by atoms with Crippen molar-refractivity contribution in [2.45, 2.75) is 180 Å². The molecule has 3 N–H and O–H groups in total. The molecule has 4 aliphatic rings. The quantitative estimate of drug-likeness (QED) is 0.122. The Balaban J connectivity index is 1.73. The maximum Gasteiger partial charge on any atom is 0.329 e. The van der Waals surface area contributed by atoms with Crippen molar-refractivity contribution in [2.24, 2.45) is 35.5 Å². The molecule has 1 unspecified atom stereocenters. The van der Waals surface area contributed by atoms with Crippen LogP contribution in [0.15, 0.2) is 47.6 Å². The van der Waals surface area contributed by atoms with Crippen LogP contribution in [-0.4, -0.2) is 165 Å². The first-order chi connectivity index (χ1) is 34.5. The molecule has 414 valence electrons. The number of aliphatic hydroxyl groups excluding tert-OH is 2. The molecule has 2 saturated heterocycles. The molecule has 1 aliphatic carbocycles. The zero-order valence-corrected chi connectivity index (χ0v) is 45.9. The van der Waals surface area contributed by atoms with Gasteiger partial charge in [0.05, 0.1) is 49.1 Å². The second kappa shape index (κ2) is 29.2. The minimum atomic E-state index is -3.51. The fourth-order valence-corrected chi connectivity index (χ4v) is 11.6. The molecule has 15 atom stereocenters. The van der Waals surface area contributed by atoms with Gasteiger partial charge in [0.1, 0.15) is 30.1 Å². The van der Waals surface area contributed by atoms with Crippen molar-refractivity contribution in [2.75, 3.05) is 52.6 Å². The van der Waals surface area contributed by atoms with Gasteiger partial charge in [-0.3, -0.25) is 19.2 Å². The largest absolute Gasteiger partial charge is 0.460 e. The van der Waals surface area contributed by atoms with Gasteiger partial charge < -0.3 is 48.6 Å². The Kier molecular flexibility index (Phi) is 24.8. The smallest absolute Gasteiger partial charge is 0.329 e. The van der Waals surface area contributed by atoms with Crippen molar-refractivity contribution in [3.63, 3.8) is 0 Å². The van der Waals surface area contributed by atoms with Gasteiger partial charge in [-0.1, -0.05) is 71.1 Å². The standard InChI is InChI=1S/C55H87NO16S/c1-34-16-12-11-13-17-35(2)46(70-25-27-73(65,66)26-24-67-8)32-42-21-19-40(7)55(64,72-42)52(61)53(62)56-23-15-14-18-43(56)54(63)71-47(37(4)30-41-20-22-44(57)48(31-41)68-9)33-45(58)36(3)29-39(6)50(60)51(69-10)49(59)38(5)28-34/h11-13,16-17,29,34,36-38,40-44,46-48,50-51,57,60,64H,14-15,18-28,30-33H2,1-10H3/b13-11?,16-12+,35-17?,39-29+/t34-,36-,37-,38-,40-,41+,42+,43+,44-,46?,47+,48-,50-,51+,55-/m1/s1. The average molecular weight is 1050 g/mol. The average Bonchev–Trinajstić information content (AvgIpc) is 3.35. The number of hydrogen-bond donors (Lipinski definition) is 3. The van der Waals surface area contributed by atoms with E-state index in [-0.39, 0.29) is 86.0 Å². The van der Waals surface area contributed by atoms with E-state index >= 15 is 0 Å². The summed E-state index contributed by atoms with van der Waals surface area (Å²) in [5.41, 5.74) is 1.06. The van der Waals surface area contributed by atoms with Crippen LogP contribution in [0.5, 0.6) is 0 Å². The molecule has 3 heterocycles. The molecule has 1 saturated carbocycles. The topological polar surface area (TPSA) is 239 Å².